The smallest absolute Gasteiger partial charge is 0.220 e. The van der Waals surface area contributed by atoms with Gasteiger partial charge in [0.2, 0.25) is 5.91 Å². The van der Waals surface area contributed by atoms with E-state index in [4.69, 9.17) is 5.73 Å². The van der Waals surface area contributed by atoms with Gasteiger partial charge in [-0.15, -0.1) is 0 Å². The van der Waals surface area contributed by atoms with E-state index in [1.807, 2.05) is 6.92 Å². The maximum Gasteiger partial charge on any atom is 0.220 e. The molecular weight excluding hydrogens is 198 g/mol. The molecule has 0 saturated heterocycles. The summed E-state index contributed by atoms with van der Waals surface area (Å²) in [6.45, 7) is 13.1. The molecule has 0 aromatic rings. The van der Waals surface area contributed by atoms with E-state index in [2.05, 4.69) is 34.6 Å². The van der Waals surface area contributed by atoms with E-state index in [-0.39, 0.29) is 22.7 Å². The molecule has 0 aliphatic rings. The number of hydrogen-bond donors (Lipinski definition) is 1. The van der Waals surface area contributed by atoms with Crippen molar-refractivity contribution in [1.82, 2.24) is 0 Å². The van der Waals surface area contributed by atoms with Gasteiger partial charge in [0.25, 0.3) is 0 Å². The van der Waals surface area contributed by atoms with Gasteiger partial charge in [-0.2, -0.15) is 0 Å². The second kappa shape index (κ2) is 5.70. The fourth-order valence-corrected chi connectivity index (χ4v) is 3.47. The van der Waals surface area contributed by atoms with Crippen molar-refractivity contribution in [3.8, 4) is 0 Å². The Hall–Kier alpha value is -0.530. The highest BCUT2D eigenvalue weighted by Gasteiger charge is 2.48. The van der Waals surface area contributed by atoms with Crippen LogP contribution in [0, 0.1) is 16.7 Å². The minimum atomic E-state index is -0.156. The molecule has 0 radical (unpaired) electrons. The number of carbonyl (C=O) groups excluding carboxylic acids is 1. The summed E-state index contributed by atoms with van der Waals surface area (Å²) in [5, 5.41) is 0. The molecule has 0 aliphatic heterocycles. The predicted octanol–water partition coefficient (Wildman–Crippen LogP) is 3.74. The van der Waals surface area contributed by atoms with E-state index < -0.39 is 0 Å². The first-order valence-corrected chi connectivity index (χ1v) is 6.64. The molecule has 0 rings (SSSR count). The number of hydrogen-bond acceptors (Lipinski definition) is 1. The molecule has 0 heterocycles. The standard InChI is InChI=1S/C14H29NO/c1-7-13(6,8-2)14(9-3,10-4)11(5)12(15)16/h11H,7-10H2,1-6H3,(H2,15,16). The third kappa shape index (κ3) is 2.26. The van der Waals surface area contributed by atoms with Crippen LogP contribution in [-0.2, 0) is 4.79 Å². The van der Waals surface area contributed by atoms with Gasteiger partial charge in [0, 0.05) is 5.92 Å². The Labute approximate surface area is 101 Å². The van der Waals surface area contributed by atoms with Crippen molar-refractivity contribution in [1.29, 1.82) is 0 Å². The van der Waals surface area contributed by atoms with Crippen LogP contribution in [0.25, 0.3) is 0 Å². The Morgan fingerprint density at radius 2 is 1.44 bits per heavy atom. The van der Waals surface area contributed by atoms with Gasteiger partial charge in [0.1, 0.15) is 0 Å². The summed E-state index contributed by atoms with van der Waals surface area (Å²) in [4.78, 5) is 11.6. The molecule has 1 amide bonds. The monoisotopic (exact) mass is 227 g/mol. The number of rotatable bonds is 7. The molecule has 0 spiro atoms. The molecule has 0 bridgehead atoms. The van der Waals surface area contributed by atoms with Gasteiger partial charge in [0.15, 0.2) is 0 Å². The Morgan fingerprint density at radius 3 is 1.62 bits per heavy atom. The van der Waals surface area contributed by atoms with Gasteiger partial charge < -0.3 is 5.73 Å². The molecule has 0 aliphatic carbocycles. The third-order valence-corrected chi connectivity index (χ3v) is 5.28. The zero-order valence-corrected chi connectivity index (χ0v) is 11.9. The summed E-state index contributed by atoms with van der Waals surface area (Å²) in [6.07, 6.45) is 4.24. The second-order valence-electron chi connectivity index (χ2n) is 5.26. The van der Waals surface area contributed by atoms with Crippen molar-refractivity contribution in [2.45, 2.75) is 67.2 Å². The molecule has 0 aromatic carbocycles. The van der Waals surface area contributed by atoms with Crippen molar-refractivity contribution in [2.75, 3.05) is 0 Å². The molecule has 2 heteroatoms. The van der Waals surface area contributed by atoms with Crippen molar-refractivity contribution < 1.29 is 4.79 Å². The molecule has 16 heavy (non-hydrogen) atoms. The van der Waals surface area contributed by atoms with E-state index in [0.717, 1.165) is 25.7 Å². The van der Waals surface area contributed by atoms with E-state index in [1.165, 1.54) is 0 Å². The molecule has 0 saturated carbocycles. The van der Waals surface area contributed by atoms with Crippen LogP contribution in [0.5, 0.6) is 0 Å². The van der Waals surface area contributed by atoms with Crippen molar-refractivity contribution >= 4 is 5.91 Å². The van der Waals surface area contributed by atoms with Crippen LogP contribution < -0.4 is 5.73 Å². The quantitative estimate of drug-likeness (QED) is 0.707. The van der Waals surface area contributed by atoms with E-state index in [1.54, 1.807) is 0 Å². The maximum absolute atomic E-state index is 11.6. The minimum Gasteiger partial charge on any atom is -0.369 e. The predicted molar refractivity (Wildman–Crippen MR) is 70.1 cm³/mol. The van der Waals surface area contributed by atoms with Gasteiger partial charge in [-0.1, -0.05) is 54.4 Å². The Morgan fingerprint density at radius 1 is 1.06 bits per heavy atom. The lowest BCUT2D eigenvalue weighted by atomic mass is 9.53. The number of nitrogens with two attached hydrogens (primary N) is 1. The van der Waals surface area contributed by atoms with Crippen LogP contribution in [0.4, 0.5) is 0 Å². The molecular formula is C14H29NO. The summed E-state index contributed by atoms with van der Waals surface area (Å²) >= 11 is 0. The molecule has 1 atom stereocenters. The van der Waals surface area contributed by atoms with Crippen LogP contribution in [0.2, 0.25) is 0 Å². The molecule has 2 nitrogen and oxygen atoms in total. The van der Waals surface area contributed by atoms with Crippen LogP contribution in [0.15, 0.2) is 0 Å². The van der Waals surface area contributed by atoms with Crippen LogP contribution in [0.3, 0.4) is 0 Å². The van der Waals surface area contributed by atoms with Gasteiger partial charge >= 0.3 is 0 Å². The molecule has 2 N–H and O–H groups in total. The van der Waals surface area contributed by atoms with Crippen molar-refractivity contribution in [3.05, 3.63) is 0 Å². The highest BCUT2D eigenvalue weighted by Crippen LogP contribution is 2.54. The number of carbonyl (C=O) groups is 1. The van der Waals surface area contributed by atoms with Gasteiger partial charge in [-0.05, 0) is 23.7 Å². The zero-order chi connectivity index (χ0) is 13.0. The van der Waals surface area contributed by atoms with E-state index in [0.29, 0.717) is 0 Å². The second-order valence-corrected chi connectivity index (χ2v) is 5.26. The normalized spacial score (nSPS) is 14.9. The average molecular weight is 227 g/mol. The summed E-state index contributed by atoms with van der Waals surface area (Å²) in [5.74, 6) is -0.204. The fourth-order valence-electron chi connectivity index (χ4n) is 3.47. The first-order valence-electron chi connectivity index (χ1n) is 6.64. The highest BCUT2D eigenvalue weighted by molar-refractivity contribution is 5.77. The third-order valence-electron chi connectivity index (χ3n) is 5.28. The first-order chi connectivity index (χ1) is 7.35. The van der Waals surface area contributed by atoms with Gasteiger partial charge in [0.05, 0.1) is 0 Å². The SMILES string of the molecule is CCC(C)(CC)C(CC)(CC)C(C)C(N)=O. The lowest BCUT2D eigenvalue weighted by molar-refractivity contribution is -0.131. The van der Waals surface area contributed by atoms with E-state index in [9.17, 15) is 4.79 Å². The molecule has 1 unspecified atom stereocenters. The Balaban J connectivity index is 5.47. The van der Waals surface area contributed by atoms with Crippen LogP contribution in [0.1, 0.15) is 67.2 Å². The lowest BCUT2D eigenvalue weighted by Gasteiger charge is -2.51. The topological polar surface area (TPSA) is 43.1 Å². The molecule has 0 aromatic heterocycles. The van der Waals surface area contributed by atoms with Crippen molar-refractivity contribution in [2.24, 2.45) is 22.5 Å². The molecule has 96 valence electrons. The zero-order valence-electron chi connectivity index (χ0n) is 11.9. The minimum absolute atomic E-state index is 0.0440. The first kappa shape index (κ1) is 15.5. The van der Waals surface area contributed by atoms with Gasteiger partial charge in [-0.3, -0.25) is 4.79 Å². The number of amides is 1. The molecule has 0 fully saturated rings. The summed E-state index contributed by atoms with van der Waals surface area (Å²) < 4.78 is 0. The lowest BCUT2D eigenvalue weighted by Crippen LogP contribution is -2.48. The summed E-state index contributed by atoms with van der Waals surface area (Å²) in [7, 11) is 0. The average Bonchev–Trinajstić information content (AvgIpc) is 2.30. The highest BCUT2D eigenvalue weighted by atomic mass is 16.1. The largest absolute Gasteiger partial charge is 0.369 e. The number of primary amides is 1. The van der Waals surface area contributed by atoms with Gasteiger partial charge in [-0.25, -0.2) is 0 Å². The Bertz CT molecular complexity index is 227. The fraction of sp³-hybridized carbons (Fsp3) is 0.929. The van der Waals surface area contributed by atoms with E-state index >= 15 is 0 Å². The van der Waals surface area contributed by atoms with Crippen molar-refractivity contribution in [3.63, 3.8) is 0 Å². The van der Waals surface area contributed by atoms with Crippen LogP contribution >= 0.6 is 0 Å². The Kier molecular flexibility index (Phi) is 5.51. The van der Waals surface area contributed by atoms with Crippen LogP contribution in [-0.4, -0.2) is 5.91 Å². The summed E-state index contributed by atoms with van der Waals surface area (Å²) in [6, 6.07) is 0. The summed E-state index contributed by atoms with van der Waals surface area (Å²) in [5.41, 5.74) is 5.78. The maximum atomic E-state index is 11.6.